The van der Waals surface area contributed by atoms with Crippen LogP contribution in [0.2, 0.25) is 0 Å². The zero-order valence-corrected chi connectivity index (χ0v) is 16.4. The summed E-state index contributed by atoms with van der Waals surface area (Å²) in [7, 11) is 3.20. The van der Waals surface area contributed by atoms with Crippen LogP contribution in [0.5, 0.6) is 11.5 Å². The van der Waals surface area contributed by atoms with Crippen LogP contribution in [-0.2, 0) is 31.7 Å². The van der Waals surface area contributed by atoms with Gasteiger partial charge in [-0.05, 0) is 56.1 Å². The second-order valence-corrected chi connectivity index (χ2v) is 7.21. The molecule has 7 nitrogen and oxygen atoms in total. The molecule has 0 amide bonds. The lowest BCUT2D eigenvalue weighted by Gasteiger charge is -2.31. The average Bonchev–Trinajstić information content (AvgIpc) is 3.22. The van der Waals surface area contributed by atoms with E-state index in [-0.39, 0.29) is 12.2 Å². The molecule has 4 rings (SSSR count). The van der Waals surface area contributed by atoms with Crippen LogP contribution in [0, 0.1) is 0 Å². The standard InChI is InChI=1S/C21H17F3N2O5/c1-26(2)20(30-18(27)19(28)31-20)10-12-11-25-17-7-6-15(9-16(12)17)29-14-5-3-4-13(8-14)21(22,23)24/h3-9,11,25H,10H2,1-2H3. The number of H-pyrrole nitrogens is 1. The fourth-order valence-corrected chi connectivity index (χ4v) is 3.29. The summed E-state index contributed by atoms with van der Waals surface area (Å²) in [6.45, 7) is 0. The van der Waals surface area contributed by atoms with E-state index in [1.165, 1.54) is 17.0 Å². The van der Waals surface area contributed by atoms with Crippen LogP contribution >= 0.6 is 0 Å². The van der Waals surface area contributed by atoms with Crippen molar-refractivity contribution in [3.05, 3.63) is 59.8 Å². The number of nitrogens with one attached hydrogen (secondary N) is 1. The van der Waals surface area contributed by atoms with Crippen molar-refractivity contribution >= 4 is 22.8 Å². The second kappa shape index (κ2) is 7.31. The maximum Gasteiger partial charge on any atom is 0.421 e. The number of likely N-dealkylation sites (N-methyl/N-ethyl adjacent to an activating group) is 1. The minimum Gasteiger partial charge on any atom is -0.457 e. The summed E-state index contributed by atoms with van der Waals surface area (Å²) in [4.78, 5) is 27.7. The first-order valence-corrected chi connectivity index (χ1v) is 9.16. The molecule has 0 saturated carbocycles. The Balaban J connectivity index is 1.64. The Bertz CT molecular complexity index is 1150. The van der Waals surface area contributed by atoms with Gasteiger partial charge in [0.1, 0.15) is 11.5 Å². The minimum absolute atomic E-state index is 0.0322. The van der Waals surface area contributed by atoms with Crippen molar-refractivity contribution in [2.75, 3.05) is 14.1 Å². The van der Waals surface area contributed by atoms with Gasteiger partial charge >= 0.3 is 24.0 Å². The van der Waals surface area contributed by atoms with Gasteiger partial charge in [0.15, 0.2) is 0 Å². The number of ether oxygens (including phenoxy) is 3. The number of fused-ring (bicyclic) bond motifs is 1. The van der Waals surface area contributed by atoms with Crippen LogP contribution in [0.25, 0.3) is 10.9 Å². The molecule has 0 aliphatic carbocycles. The maximum atomic E-state index is 12.9. The summed E-state index contributed by atoms with van der Waals surface area (Å²) in [6, 6.07) is 9.53. The van der Waals surface area contributed by atoms with Gasteiger partial charge < -0.3 is 19.2 Å². The van der Waals surface area contributed by atoms with E-state index < -0.39 is 29.6 Å². The zero-order valence-electron chi connectivity index (χ0n) is 16.4. The molecule has 2 aromatic carbocycles. The number of halogens is 3. The molecule has 0 bridgehead atoms. The molecule has 31 heavy (non-hydrogen) atoms. The Hall–Kier alpha value is -3.53. The van der Waals surface area contributed by atoms with E-state index >= 15 is 0 Å². The Labute approximate surface area is 174 Å². The molecule has 1 fully saturated rings. The van der Waals surface area contributed by atoms with E-state index in [0.29, 0.717) is 16.7 Å². The number of aromatic nitrogens is 1. The van der Waals surface area contributed by atoms with E-state index in [2.05, 4.69) is 4.98 Å². The van der Waals surface area contributed by atoms with Gasteiger partial charge in [-0.1, -0.05) is 6.07 Å². The number of cyclic esters (lactones) is 2. The number of carbonyl (C=O) groups excluding carboxylic acids is 2. The van der Waals surface area contributed by atoms with Crippen molar-refractivity contribution in [2.24, 2.45) is 0 Å². The first-order valence-electron chi connectivity index (χ1n) is 9.16. The minimum atomic E-state index is -4.48. The van der Waals surface area contributed by atoms with Crippen LogP contribution in [0.15, 0.2) is 48.7 Å². The van der Waals surface area contributed by atoms with Gasteiger partial charge in [0, 0.05) is 17.1 Å². The molecule has 1 aliphatic heterocycles. The highest BCUT2D eigenvalue weighted by Gasteiger charge is 2.51. The van der Waals surface area contributed by atoms with Gasteiger partial charge in [0.25, 0.3) is 0 Å². The third-order valence-electron chi connectivity index (χ3n) is 4.90. The largest absolute Gasteiger partial charge is 0.457 e. The van der Waals surface area contributed by atoms with Crippen molar-refractivity contribution in [1.29, 1.82) is 0 Å². The van der Waals surface area contributed by atoms with Crippen LogP contribution < -0.4 is 4.74 Å². The lowest BCUT2D eigenvalue weighted by atomic mass is 10.1. The van der Waals surface area contributed by atoms with Crippen molar-refractivity contribution in [3.63, 3.8) is 0 Å². The fourth-order valence-electron chi connectivity index (χ4n) is 3.29. The molecule has 1 N–H and O–H groups in total. The summed E-state index contributed by atoms with van der Waals surface area (Å²) in [5, 5.41) is 0.671. The predicted octanol–water partition coefficient (Wildman–Crippen LogP) is 3.84. The van der Waals surface area contributed by atoms with Gasteiger partial charge in [0.2, 0.25) is 0 Å². The topological polar surface area (TPSA) is 80.9 Å². The third kappa shape index (κ3) is 3.93. The molecule has 10 heteroatoms. The number of hydrogen-bond acceptors (Lipinski definition) is 6. The summed E-state index contributed by atoms with van der Waals surface area (Å²) < 4.78 is 54.8. The summed E-state index contributed by atoms with van der Waals surface area (Å²) in [6.07, 6.45) is -2.78. The number of aromatic amines is 1. The molecule has 0 unspecified atom stereocenters. The van der Waals surface area contributed by atoms with Gasteiger partial charge in [0.05, 0.1) is 12.0 Å². The van der Waals surface area contributed by atoms with E-state index in [9.17, 15) is 22.8 Å². The van der Waals surface area contributed by atoms with E-state index in [1.54, 1.807) is 38.5 Å². The lowest BCUT2D eigenvalue weighted by molar-refractivity contribution is -0.236. The molecule has 1 aliphatic rings. The average molecular weight is 434 g/mol. The highest BCUT2D eigenvalue weighted by molar-refractivity contribution is 6.31. The number of rotatable bonds is 5. The SMILES string of the molecule is CN(C)C1(Cc2c[nH]c3ccc(Oc4cccc(C(F)(F)F)c4)cc23)OC(=O)C(=O)O1. The van der Waals surface area contributed by atoms with Crippen LogP contribution in [0.1, 0.15) is 11.1 Å². The van der Waals surface area contributed by atoms with Crippen LogP contribution in [0.4, 0.5) is 13.2 Å². The molecular formula is C21H17F3N2O5. The molecule has 162 valence electrons. The Morgan fingerprint density at radius 2 is 1.71 bits per heavy atom. The first kappa shape index (κ1) is 20.7. The maximum absolute atomic E-state index is 12.9. The first-order chi connectivity index (χ1) is 14.6. The van der Waals surface area contributed by atoms with E-state index in [1.807, 2.05) is 0 Å². The Kier molecular flexibility index (Phi) is 4.89. The number of carbonyl (C=O) groups is 2. The lowest BCUT2D eigenvalue weighted by Crippen LogP contribution is -2.47. The number of nitrogens with zero attached hydrogens (tertiary/aromatic N) is 1. The number of hydrogen-bond donors (Lipinski definition) is 1. The fraction of sp³-hybridized carbons (Fsp3) is 0.238. The van der Waals surface area contributed by atoms with Crippen molar-refractivity contribution in [1.82, 2.24) is 9.88 Å². The Morgan fingerprint density at radius 3 is 2.35 bits per heavy atom. The molecule has 2 heterocycles. The molecule has 0 spiro atoms. The molecule has 0 radical (unpaired) electrons. The molecule has 1 aromatic heterocycles. The second-order valence-electron chi connectivity index (χ2n) is 7.21. The molecular weight excluding hydrogens is 417 g/mol. The quantitative estimate of drug-likeness (QED) is 0.486. The van der Waals surface area contributed by atoms with Crippen LogP contribution in [-0.4, -0.2) is 41.8 Å². The zero-order chi connectivity index (χ0) is 22.4. The molecule has 3 aromatic rings. The number of alkyl halides is 3. The van der Waals surface area contributed by atoms with Crippen LogP contribution in [0.3, 0.4) is 0 Å². The summed E-state index contributed by atoms with van der Waals surface area (Å²) in [5.41, 5.74) is 0.558. The third-order valence-corrected chi connectivity index (χ3v) is 4.90. The highest BCUT2D eigenvalue weighted by atomic mass is 19.4. The van der Waals surface area contributed by atoms with E-state index in [0.717, 1.165) is 17.6 Å². The predicted molar refractivity (Wildman–Crippen MR) is 102 cm³/mol. The van der Waals surface area contributed by atoms with Crippen molar-refractivity contribution < 1.29 is 37.0 Å². The highest BCUT2D eigenvalue weighted by Crippen LogP contribution is 2.35. The smallest absolute Gasteiger partial charge is 0.421 e. The molecule has 0 atom stereocenters. The monoisotopic (exact) mass is 434 g/mol. The summed E-state index contributed by atoms with van der Waals surface area (Å²) in [5.74, 6) is -3.41. The Morgan fingerprint density at radius 1 is 1.03 bits per heavy atom. The summed E-state index contributed by atoms with van der Waals surface area (Å²) >= 11 is 0. The normalized spacial score (nSPS) is 15.9. The van der Waals surface area contributed by atoms with E-state index in [4.69, 9.17) is 14.2 Å². The van der Waals surface area contributed by atoms with Gasteiger partial charge in [-0.15, -0.1) is 0 Å². The number of esters is 2. The van der Waals surface area contributed by atoms with Gasteiger partial charge in [-0.3, -0.25) is 0 Å². The van der Waals surface area contributed by atoms with Gasteiger partial charge in [-0.25, -0.2) is 14.5 Å². The molecule has 1 saturated heterocycles. The van der Waals surface area contributed by atoms with Crippen molar-refractivity contribution in [3.8, 4) is 11.5 Å². The van der Waals surface area contributed by atoms with Gasteiger partial charge in [-0.2, -0.15) is 13.2 Å². The number of benzene rings is 2. The van der Waals surface area contributed by atoms with Crippen molar-refractivity contribution in [2.45, 2.75) is 18.5 Å².